The average molecular weight is 238 g/mol. The van der Waals surface area contributed by atoms with Gasteiger partial charge in [-0.05, 0) is 26.0 Å². The van der Waals surface area contributed by atoms with E-state index in [9.17, 15) is 4.79 Å². The van der Waals surface area contributed by atoms with Crippen molar-refractivity contribution in [2.24, 2.45) is 5.41 Å². The highest BCUT2D eigenvalue weighted by Crippen LogP contribution is 2.19. The molecule has 0 aliphatic heterocycles. The van der Waals surface area contributed by atoms with Crippen LogP contribution >= 0.6 is 11.6 Å². The first kappa shape index (κ1) is 12.5. The Bertz CT molecular complexity index is 420. The molecule has 0 fully saturated rings. The van der Waals surface area contributed by atoms with Gasteiger partial charge >= 0.3 is 0 Å². The molecule has 84 valence electrons. The molecule has 5 heteroatoms. The number of amides is 1. The van der Waals surface area contributed by atoms with E-state index in [2.05, 4.69) is 10.3 Å². The highest BCUT2D eigenvalue weighted by Gasteiger charge is 2.26. The van der Waals surface area contributed by atoms with E-state index >= 15 is 0 Å². The number of alkyl halides is 1. The first-order valence-electron chi connectivity index (χ1n) is 4.73. The Morgan fingerprint density at radius 1 is 1.62 bits per heavy atom. The molecule has 1 aromatic heterocycles. The van der Waals surface area contributed by atoms with Gasteiger partial charge < -0.3 is 5.32 Å². The molecule has 0 unspecified atom stereocenters. The summed E-state index contributed by atoms with van der Waals surface area (Å²) in [7, 11) is 0. The minimum absolute atomic E-state index is 0.195. The van der Waals surface area contributed by atoms with Crippen LogP contribution in [0.15, 0.2) is 18.3 Å². The summed E-state index contributed by atoms with van der Waals surface area (Å²) in [6.45, 7) is 3.50. The molecule has 0 saturated carbocycles. The molecule has 0 atom stereocenters. The fourth-order valence-electron chi connectivity index (χ4n) is 0.880. The van der Waals surface area contributed by atoms with E-state index in [0.29, 0.717) is 11.4 Å². The van der Waals surface area contributed by atoms with Gasteiger partial charge in [0, 0.05) is 12.1 Å². The molecule has 0 aliphatic carbocycles. The van der Waals surface area contributed by atoms with E-state index in [-0.39, 0.29) is 11.8 Å². The fraction of sp³-hybridized carbons (Fsp3) is 0.364. The van der Waals surface area contributed by atoms with Crippen molar-refractivity contribution in [1.29, 1.82) is 5.26 Å². The predicted octanol–water partition coefficient (Wildman–Crippen LogP) is 2.16. The Hall–Kier alpha value is -1.60. The summed E-state index contributed by atoms with van der Waals surface area (Å²) in [4.78, 5) is 15.7. The third-order valence-corrected chi connectivity index (χ3v) is 2.75. The number of halogens is 1. The van der Waals surface area contributed by atoms with Gasteiger partial charge in [-0.25, -0.2) is 4.98 Å². The van der Waals surface area contributed by atoms with Crippen LogP contribution < -0.4 is 5.32 Å². The molecule has 1 aromatic rings. The van der Waals surface area contributed by atoms with Crippen molar-refractivity contribution in [3.8, 4) is 6.07 Å². The number of pyridine rings is 1. The zero-order valence-corrected chi connectivity index (χ0v) is 9.88. The number of aromatic nitrogens is 1. The number of hydrogen-bond donors (Lipinski definition) is 1. The van der Waals surface area contributed by atoms with Gasteiger partial charge in [0.2, 0.25) is 5.91 Å². The van der Waals surface area contributed by atoms with Crippen molar-refractivity contribution >= 4 is 23.3 Å². The van der Waals surface area contributed by atoms with E-state index in [4.69, 9.17) is 16.9 Å². The lowest BCUT2D eigenvalue weighted by atomic mass is 9.95. The summed E-state index contributed by atoms with van der Waals surface area (Å²) in [6.07, 6.45) is 1.41. The molecule has 1 rings (SSSR count). The Morgan fingerprint density at radius 3 is 2.75 bits per heavy atom. The molecule has 16 heavy (non-hydrogen) atoms. The van der Waals surface area contributed by atoms with Crippen molar-refractivity contribution in [3.63, 3.8) is 0 Å². The quantitative estimate of drug-likeness (QED) is 0.820. The molecule has 1 N–H and O–H groups in total. The summed E-state index contributed by atoms with van der Waals surface area (Å²) in [5, 5.41) is 11.2. The highest BCUT2D eigenvalue weighted by molar-refractivity contribution is 6.20. The minimum atomic E-state index is -0.642. The van der Waals surface area contributed by atoms with Gasteiger partial charge in [0.1, 0.15) is 11.9 Å². The average Bonchev–Trinajstić information content (AvgIpc) is 2.30. The van der Waals surface area contributed by atoms with Crippen LogP contribution in [0, 0.1) is 16.7 Å². The van der Waals surface area contributed by atoms with E-state index in [1.54, 1.807) is 26.0 Å². The first-order valence-corrected chi connectivity index (χ1v) is 5.26. The normalized spacial score (nSPS) is 10.6. The van der Waals surface area contributed by atoms with Gasteiger partial charge in [-0.1, -0.05) is 0 Å². The predicted molar refractivity (Wildman–Crippen MR) is 62.1 cm³/mol. The smallest absolute Gasteiger partial charge is 0.232 e. The van der Waals surface area contributed by atoms with Crippen molar-refractivity contribution in [1.82, 2.24) is 4.98 Å². The Kier molecular flexibility index (Phi) is 3.86. The third-order valence-electron chi connectivity index (χ3n) is 2.08. The molecule has 1 amide bonds. The number of nitriles is 1. The number of nitrogens with one attached hydrogen (secondary N) is 1. The largest absolute Gasteiger partial charge is 0.310 e. The van der Waals surface area contributed by atoms with Gasteiger partial charge in [-0.2, -0.15) is 5.26 Å². The number of rotatable bonds is 3. The van der Waals surface area contributed by atoms with Crippen molar-refractivity contribution in [3.05, 3.63) is 23.9 Å². The van der Waals surface area contributed by atoms with Crippen LogP contribution in [-0.4, -0.2) is 16.8 Å². The lowest BCUT2D eigenvalue weighted by Gasteiger charge is -2.19. The first-order chi connectivity index (χ1) is 7.49. The Labute approximate surface area is 99.2 Å². The molecule has 1 heterocycles. The van der Waals surface area contributed by atoms with E-state index in [1.165, 1.54) is 6.20 Å². The van der Waals surface area contributed by atoms with Crippen LogP contribution in [0.1, 0.15) is 19.4 Å². The van der Waals surface area contributed by atoms with Gasteiger partial charge in [0.15, 0.2) is 0 Å². The van der Waals surface area contributed by atoms with Crippen LogP contribution in [0.3, 0.4) is 0 Å². The molecule has 0 aromatic carbocycles. The van der Waals surface area contributed by atoms with Gasteiger partial charge in [0.25, 0.3) is 0 Å². The number of carbonyl (C=O) groups is 1. The second-order valence-electron chi connectivity index (χ2n) is 4.02. The monoisotopic (exact) mass is 237 g/mol. The molecule has 0 aliphatic rings. The lowest BCUT2D eigenvalue weighted by molar-refractivity contribution is -0.123. The second kappa shape index (κ2) is 4.95. The summed E-state index contributed by atoms with van der Waals surface area (Å²) in [5.41, 5.74) is -0.188. The zero-order chi connectivity index (χ0) is 12.2. The van der Waals surface area contributed by atoms with E-state index in [1.807, 2.05) is 6.07 Å². The van der Waals surface area contributed by atoms with Crippen LogP contribution in [0.2, 0.25) is 0 Å². The summed E-state index contributed by atoms with van der Waals surface area (Å²) >= 11 is 5.68. The number of carbonyl (C=O) groups excluding carboxylic acids is 1. The molecular formula is C11H12ClN3O. The van der Waals surface area contributed by atoms with Crippen LogP contribution in [-0.2, 0) is 4.79 Å². The number of anilines is 1. The van der Waals surface area contributed by atoms with Gasteiger partial charge in [-0.3, -0.25) is 4.79 Å². The topological polar surface area (TPSA) is 65.8 Å². The highest BCUT2D eigenvalue weighted by atomic mass is 35.5. The third kappa shape index (κ3) is 2.94. The molecular weight excluding hydrogens is 226 g/mol. The van der Waals surface area contributed by atoms with Gasteiger partial charge in [0.05, 0.1) is 11.0 Å². The van der Waals surface area contributed by atoms with Crippen molar-refractivity contribution in [2.75, 3.05) is 11.2 Å². The summed E-state index contributed by atoms with van der Waals surface area (Å²) < 4.78 is 0. The second-order valence-corrected chi connectivity index (χ2v) is 4.28. The maximum absolute atomic E-state index is 11.7. The molecule has 0 spiro atoms. The van der Waals surface area contributed by atoms with Crippen molar-refractivity contribution < 1.29 is 4.79 Å². The summed E-state index contributed by atoms with van der Waals surface area (Å²) in [6, 6.07) is 5.13. The van der Waals surface area contributed by atoms with Crippen LogP contribution in [0.25, 0.3) is 0 Å². The van der Waals surface area contributed by atoms with Gasteiger partial charge in [-0.15, -0.1) is 11.6 Å². The maximum atomic E-state index is 11.7. The fourth-order valence-corrected chi connectivity index (χ4v) is 1.00. The van der Waals surface area contributed by atoms with Crippen LogP contribution in [0.4, 0.5) is 5.82 Å². The van der Waals surface area contributed by atoms with Crippen LogP contribution in [0.5, 0.6) is 0 Å². The lowest BCUT2D eigenvalue weighted by Crippen LogP contribution is -2.32. The molecule has 0 radical (unpaired) electrons. The molecule has 4 nitrogen and oxygen atoms in total. The maximum Gasteiger partial charge on any atom is 0.232 e. The Morgan fingerprint density at radius 2 is 2.31 bits per heavy atom. The zero-order valence-electron chi connectivity index (χ0n) is 9.12. The number of hydrogen-bond acceptors (Lipinski definition) is 3. The Balaban J connectivity index is 2.75. The summed E-state index contributed by atoms with van der Waals surface area (Å²) in [5.74, 6) is 0.455. The van der Waals surface area contributed by atoms with E-state index < -0.39 is 5.41 Å². The van der Waals surface area contributed by atoms with Crippen molar-refractivity contribution in [2.45, 2.75) is 13.8 Å². The number of nitrogens with zero attached hydrogens (tertiary/aromatic N) is 2. The SMILES string of the molecule is CC(C)(CCl)C(=O)Nc1ccc(C#N)cn1. The minimum Gasteiger partial charge on any atom is -0.310 e. The standard InChI is InChI=1S/C11H12ClN3O/c1-11(2,7-12)10(16)15-9-4-3-8(5-13)6-14-9/h3-4,6H,7H2,1-2H3,(H,14,15,16). The molecule has 0 saturated heterocycles. The van der Waals surface area contributed by atoms with E-state index in [0.717, 1.165) is 0 Å². The molecule has 0 bridgehead atoms.